The van der Waals surface area contributed by atoms with Crippen molar-refractivity contribution in [2.24, 2.45) is 82.9 Å². The molecule has 6 bridgehead atoms. The van der Waals surface area contributed by atoms with Gasteiger partial charge in [0.2, 0.25) is 0 Å². The van der Waals surface area contributed by atoms with Crippen LogP contribution in [0.25, 0.3) is 0 Å². The topological polar surface area (TPSA) is 0 Å². The van der Waals surface area contributed by atoms with Crippen LogP contribution in [0.4, 0.5) is 0 Å². The maximum absolute atomic E-state index is 2.89. The molecule has 0 heterocycles. The summed E-state index contributed by atoms with van der Waals surface area (Å²) in [5, 5.41) is 0. The fraction of sp³-hybridized carbons (Fsp3) is 0.862. The summed E-state index contributed by atoms with van der Waals surface area (Å²) >= 11 is 0. The van der Waals surface area contributed by atoms with Gasteiger partial charge in [0.25, 0.3) is 0 Å². The fourth-order valence-corrected chi connectivity index (χ4v) is 11.3. The Morgan fingerprint density at radius 3 is 2.38 bits per heavy atom. The summed E-state index contributed by atoms with van der Waals surface area (Å²) < 4.78 is 0. The molecule has 0 aliphatic heterocycles. The minimum absolute atomic E-state index is 0.894. The Morgan fingerprint density at radius 2 is 1.59 bits per heavy atom. The van der Waals surface area contributed by atoms with E-state index < -0.39 is 0 Å². The number of rotatable bonds is 1. The van der Waals surface area contributed by atoms with Crippen LogP contribution >= 0.6 is 0 Å². The molecule has 0 nitrogen and oxygen atoms in total. The van der Waals surface area contributed by atoms with Gasteiger partial charge in [-0.2, -0.15) is 0 Å². The van der Waals surface area contributed by atoms with E-state index in [1.807, 2.05) is 5.57 Å². The molecule has 29 heavy (non-hydrogen) atoms. The molecular weight excluding hydrogens is 348 g/mol. The van der Waals surface area contributed by atoms with Gasteiger partial charge in [0, 0.05) is 0 Å². The number of fused-ring (bicyclic) bond motifs is 5. The summed E-state index contributed by atoms with van der Waals surface area (Å²) in [5.74, 6) is 14.4. The molecule has 0 aromatic rings. The Labute approximate surface area is 179 Å². The molecule has 14 unspecified atom stereocenters. The van der Waals surface area contributed by atoms with Crippen molar-refractivity contribution >= 4 is 0 Å². The third kappa shape index (κ3) is 2.18. The zero-order valence-electron chi connectivity index (χ0n) is 19.2. The Balaban J connectivity index is 1.38. The van der Waals surface area contributed by atoms with Gasteiger partial charge in [-0.25, -0.2) is 0 Å². The molecule has 0 heteroatoms. The highest BCUT2D eigenvalue weighted by atomic mass is 14.7. The van der Waals surface area contributed by atoms with E-state index >= 15 is 0 Å². The predicted octanol–water partition coefficient (Wildman–Crippen LogP) is 7.37. The van der Waals surface area contributed by atoms with E-state index in [4.69, 9.17) is 0 Å². The normalized spacial score (nSPS) is 61.0. The van der Waals surface area contributed by atoms with Crippen molar-refractivity contribution in [3.63, 3.8) is 0 Å². The van der Waals surface area contributed by atoms with E-state index in [2.05, 4.69) is 39.8 Å². The van der Waals surface area contributed by atoms with E-state index in [1.165, 1.54) is 25.7 Å². The smallest absolute Gasteiger partial charge is 0.0157 e. The van der Waals surface area contributed by atoms with Crippen LogP contribution in [0.1, 0.15) is 72.6 Å². The molecule has 0 aromatic carbocycles. The monoisotopic (exact) mass is 390 g/mol. The Bertz CT molecular complexity index is 767. The molecular formula is C29H42. The Hall–Kier alpha value is -0.520. The zero-order valence-corrected chi connectivity index (χ0v) is 19.2. The van der Waals surface area contributed by atoms with Gasteiger partial charge < -0.3 is 0 Å². The maximum atomic E-state index is 2.89. The summed E-state index contributed by atoms with van der Waals surface area (Å²) in [5.41, 5.74) is 3.56. The zero-order chi connectivity index (χ0) is 19.6. The van der Waals surface area contributed by atoms with E-state index in [0.29, 0.717) is 0 Å². The van der Waals surface area contributed by atoms with Crippen molar-refractivity contribution in [1.29, 1.82) is 0 Å². The van der Waals surface area contributed by atoms with Crippen LogP contribution in [0.5, 0.6) is 0 Å². The lowest BCUT2D eigenvalue weighted by molar-refractivity contribution is -0.185. The van der Waals surface area contributed by atoms with Crippen LogP contribution in [-0.4, -0.2) is 0 Å². The molecule has 0 amide bonds. The number of hydrogen-bond donors (Lipinski definition) is 0. The van der Waals surface area contributed by atoms with Crippen LogP contribution in [0.3, 0.4) is 0 Å². The lowest BCUT2D eigenvalue weighted by Gasteiger charge is -2.68. The molecule has 0 spiro atoms. The summed E-state index contributed by atoms with van der Waals surface area (Å²) in [6.45, 7) is 10.0. The third-order valence-corrected chi connectivity index (χ3v) is 12.1. The first-order valence-electron chi connectivity index (χ1n) is 13.4. The maximum Gasteiger partial charge on any atom is -0.0157 e. The van der Waals surface area contributed by atoms with E-state index in [-0.39, 0.29) is 0 Å². The van der Waals surface area contributed by atoms with Crippen molar-refractivity contribution < 1.29 is 0 Å². The molecule has 6 saturated carbocycles. The lowest BCUT2D eigenvalue weighted by Crippen LogP contribution is -2.63. The van der Waals surface area contributed by atoms with Gasteiger partial charge in [0.1, 0.15) is 0 Å². The molecule has 14 atom stereocenters. The van der Waals surface area contributed by atoms with Gasteiger partial charge in [-0.15, -0.1) is 0 Å². The van der Waals surface area contributed by atoms with Crippen LogP contribution in [-0.2, 0) is 0 Å². The van der Waals surface area contributed by atoms with Gasteiger partial charge in [0.15, 0.2) is 0 Å². The van der Waals surface area contributed by atoms with E-state index in [0.717, 1.165) is 82.9 Å². The minimum Gasteiger partial charge on any atom is -0.0822 e. The molecule has 6 fully saturated rings. The molecule has 0 N–H and O–H groups in total. The predicted molar refractivity (Wildman–Crippen MR) is 120 cm³/mol. The Morgan fingerprint density at radius 1 is 0.828 bits per heavy atom. The molecule has 0 saturated heterocycles. The molecule has 7 aliphatic carbocycles. The second kappa shape index (κ2) is 6.04. The highest BCUT2D eigenvalue weighted by Gasteiger charge is 2.69. The Kier molecular flexibility index (Phi) is 3.77. The fourth-order valence-electron chi connectivity index (χ4n) is 11.3. The highest BCUT2D eigenvalue weighted by Crippen LogP contribution is 2.75. The first kappa shape index (κ1) is 18.1. The van der Waals surface area contributed by atoms with Crippen molar-refractivity contribution in [3.05, 3.63) is 23.3 Å². The van der Waals surface area contributed by atoms with Crippen LogP contribution in [0.15, 0.2) is 23.3 Å². The third-order valence-electron chi connectivity index (χ3n) is 12.1. The summed E-state index contributed by atoms with van der Waals surface area (Å²) in [7, 11) is 0. The first-order valence-corrected chi connectivity index (χ1v) is 13.4. The second-order valence-electron chi connectivity index (χ2n) is 13.2. The summed E-state index contributed by atoms with van der Waals surface area (Å²) in [6.07, 6.45) is 16.5. The van der Waals surface area contributed by atoms with Crippen LogP contribution in [0.2, 0.25) is 0 Å². The molecule has 158 valence electrons. The summed E-state index contributed by atoms with van der Waals surface area (Å²) in [6, 6.07) is 0. The van der Waals surface area contributed by atoms with Crippen molar-refractivity contribution in [2.75, 3.05) is 0 Å². The molecule has 7 aliphatic rings. The summed E-state index contributed by atoms with van der Waals surface area (Å²) in [4.78, 5) is 0. The number of hydrogen-bond acceptors (Lipinski definition) is 0. The lowest BCUT2D eigenvalue weighted by atomic mass is 9.36. The van der Waals surface area contributed by atoms with Crippen LogP contribution in [0, 0.1) is 82.9 Å². The molecule has 0 aromatic heterocycles. The van der Waals surface area contributed by atoms with Crippen molar-refractivity contribution in [1.82, 2.24) is 0 Å². The van der Waals surface area contributed by atoms with Gasteiger partial charge in [-0.05, 0) is 122 Å². The first-order chi connectivity index (χ1) is 14.0. The highest BCUT2D eigenvalue weighted by molar-refractivity contribution is 5.34. The number of allylic oxidation sites excluding steroid dienone is 4. The molecule has 7 rings (SSSR count). The second-order valence-corrected chi connectivity index (χ2v) is 13.2. The van der Waals surface area contributed by atoms with Gasteiger partial charge in [0.05, 0.1) is 0 Å². The average molecular weight is 391 g/mol. The van der Waals surface area contributed by atoms with Gasteiger partial charge in [-0.3, -0.25) is 0 Å². The van der Waals surface area contributed by atoms with Crippen molar-refractivity contribution in [2.45, 2.75) is 72.6 Å². The minimum atomic E-state index is 0.894. The van der Waals surface area contributed by atoms with Gasteiger partial charge >= 0.3 is 0 Å². The van der Waals surface area contributed by atoms with Gasteiger partial charge in [-0.1, -0.05) is 56.4 Å². The van der Waals surface area contributed by atoms with Crippen molar-refractivity contribution in [3.8, 4) is 0 Å². The quantitative estimate of drug-likeness (QED) is 0.410. The van der Waals surface area contributed by atoms with E-state index in [1.54, 1.807) is 24.8 Å². The SMILES string of the molecule is CC(C)=CC1C(C)C2C1C1C3CCCCC(C)C4C5CC(CC5C42)C2C=C3C1C2. The van der Waals surface area contributed by atoms with E-state index in [9.17, 15) is 0 Å². The average Bonchev–Trinajstić information content (AvgIpc) is 3.20. The standard InChI is InChI=1S/C29H42/c1-14(2)9-20-16(4)26-28(20)27-19-8-6-5-7-15(3)25-23-12-18(13-24(23)29(25)26)17-10-21(19)22(27)11-17/h9-10,15-20,22-29H,5-8,11-13H2,1-4H3. The van der Waals surface area contributed by atoms with Crippen LogP contribution < -0.4 is 0 Å². The molecule has 0 radical (unpaired) electrons. The largest absolute Gasteiger partial charge is 0.0822 e.